The zero-order valence-electron chi connectivity index (χ0n) is 17.0. The lowest BCUT2D eigenvalue weighted by atomic mass is 9.97. The smallest absolute Gasteiger partial charge is 0.293 e. The number of nitrogens with zero attached hydrogens (tertiary/aromatic N) is 2. The molecule has 6 nitrogen and oxygen atoms in total. The van der Waals surface area contributed by atoms with Crippen molar-refractivity contribution in [2.24, 2.45) is 0 Å². The van der Waals surface area contributed by atoms with E-state index < -0.39 is 0 Å². The van der Waals surface area contributed by atoms with Crippen LogP contribution in [0.15, 0.2) is 30.3 Å². The molecule has 8 heteroatoms. The molecule has 3 aromatic rings. The molecule has 31 heavy (non-hydrogen) atoms. The van der Waals surface area contributed by atoms with Crippen LogP contribution in [0.1, 0.15) is 41.8 Å². The molecular weight excluding hydrogens is 435 g/mol. The van der Waals surface area contributed by atoms with Crippen LogP contribution in [-0.2, 0) is 16.0 Å². The molecule has 0 saturated heterocycles. The predicted octanol–water partition coefficient (Wildman–Crippen LogP) is 4.93. The van der Waals surface area contributed by atoms with E-state index in [1.807, 2.05) is 30.3 Å². The lowest BCUT2D eigenvalue weighted by Crippen LogP contribution is -2.40. The van der Waals surface area contributed by atoms with E-state index >= 15 is 0 Å². The number of hydrogen-bond acceptors (Lipinski definition) is 5. The van der Waals surface area contributed by atoms with Gasteiger partial charge in [-0.25, -0.2) is 4.98 Å². The highest BCUT2D eigenvalue weighted by molar-refractivity contribution is 6.31. The summed E-state index contributed by atoms with van der Waals surface area (Å²) in [5.74, 6) is 1.36. The van der Waals surface area contributed by atoms with E-state index in [9.17, 15) is 4.79 Å². The van der Waals surface area contributed by atoms with E-state index in [-0.39, 0.29) is 6.04 Å². The van der Waals surface area contributed by atoms with Crippen LogP contribution in [0.25, 0.3) is 10.9 Å². The van der Waals surface area contributed by atoms with Crippen LogP contribution in [0.2, 0.25) is 10.0 Å². The van der Waals surface area contributed by atoms with Gasteiger partial charge in [-0.3, -0.25) is 9.69 Å². The zero-order chi connectivity index (χ0) is 21.4. The third-order valence-corrected chi connectivity index (χ3v) is 6.74. The van der Waals surface area contributed by atoms with E-state index in [2.05, 4.69) is 15.2 Å². The SMILES string of the molecule is O=COCC1c2[nH]c3ccc(Cl)cc3c2CCN1CCNc1ccc(Cl)c(C2CC2)n1. The molecule has 1 saturated carbocycles. The third kappa shape index (κ3) is 4.25. The molecule has 0 amide bonds. The van der Waals surface area contributed by atoms with Gasteiger partial charge in [-0.1, -0.05) is 23.2 Å². The number of aromatic amines is 1. The number of fused-ring (bicyclic) bond motifs is 3. The summed E-state index contributed by atoms with van der Waals surface area (Å²) in [6, 6.07) is 9.72. The molecule has 1 aliphatic heterocycles. The van der Waals surface area contributed by atoms with E-state index in [4.69, 9.17) is 32.9 Å². The van der Waals surface area contributed by atoms with Gasteiger partial charge in [0.2, 0.25) is 0 Å². The summed E-state index contributed by atoms with van der Waals surface area (Å²) < 4.78 is 5.19. The zero-order valence-corrected chi connectivity index (χ0v) is 18.5. The van der Waals surface area contributed by atoms with Gasteiger partial charge in [-0.15, -0.1) is 0 Å². The quantitative estimate of drug-likeness (QED) is 0.468. The number of anilines is 1. The van der Waals surface area contributed by atoms with Gasteiger partial charge < -0.3 is 15.0 Å². The van der Waals surface area contributed by atoms with Crippen molar-refractivity contribution < 1.29 is 9.53 Å². The molecule has 162 valence electrons. The molecule has 1 aromatic carbocycles. The minimum atomic E-state index is -0.0258. The summed E-state index contributed by atoms with van der Waals surface area (Å²) >= 11 is 12.5. The Morgan fingerprint density at radius 1 is 1.26 bits per heavy atom. The Balaban J connectivity index is 1.31. The fraction of sp³-hybridized carbons (Fsp3) is 0.391. The first-order valence-corrected chi connectivity index (χ1v) is 11.4. The number of pyridine rings is 1. The fourth-order valence-corrected chi connectivity index (χ4v) is 4.93. The van der Waals surface area contributed by atoms with Crippen LogP contribution in [0, 0.1) is 0 Å². The molecule has 1 fully saturated rings. The summed E-state index contributed by atoms with van der Waals surface area (Å²) in [6.45, 7) is 3.23. The molecule has 2 N–H and O–H groups in total. The highest BCUT2D eigenvalue weighted by Gasteiger charge is 2.31. The number of ether oxygens (including phenoxy) is 1. The second kappa shape index (κ2) is 8.69. The molecule has 1 unspecified atom stereocenters. The minimum Gasteiger partial charge on any atom is -0.466 e. The Labute approximate surface area is 190 Å². The van der Waals surface area contributed by atoms with Crippen molar-refractivity contribution in [1.29, 1.82) is 0 Å². The highest BCUT2D eigenvalue weighted by atomic mass is 35.5. The van der Waals surface area contributed by atoms with Gasteiger partial charge in [0.25, 0.3) is 6.47 Å². The molecule has 0 radical (unpaired) electrons. The van der Waals surface area contributed by atoms with Crippen molar-refractivity contribution in [2.45, 2.75) is 31.2 Å². The normalized spacial score (nSPS) is 18.7. The second-order valence-electron chi connectivity index (χ2n) is 8.20. The maximum Gasteiger partial charge on any atom is 0.293 e. The number of benzene rings is 1. The van der Waals surface area contributed by atoms with Gasteiger partial charge in [-0.05, 0) is 55.2 Å². The molecule has 2 aliphatic rings. The maximum atomic E-state index is 10.9. The third-order valence-electron chi connectivity index (χ3n) is 6.19. The fourth-order valence-electron chi connectivity index (χ4n) is 4.50. The topological polar surface area (TPSA) is 70.2 Å². The number of H-pyrrole nitrogens is 1. The van der Waals surface area contributed by atoms with Crippen LogP contribution in [0.4, 0.5) is 5.82 Å². The van der Waals surface area contributed by atoms with Crippen molar-refractivity contribution in [1.82, 2.24) is 14.9 Å². The molecule has 0 bridgehead atoms. The van der Waals surface area contributed by atoms with Gasteiger partial charge in [0.1, 0.15) is 12.4 Å². The van der Waals surface area contributed by atoms with Crippen molar-refractivity contribution in [3.05, 3.63) is 57.3 Å². The first-order valence-electron chi connectivity index (χ1n) is 10.6. The molecule has 1 aliphatic carbocycles. The predicted molar refractivity (Wildman–Crippen MR) is 123 cm³/mol. The molecular formula is C23H24Cl2N4O2. The van der Waals surface area contributed by atoms with Crippen LogP contribution >= 0.6 is 23.2 Å². The van der Waals surface area contributed by atoms with Crippen molar-refractivity contribution in [2.75, 3.05) is 31.6 Å². The van der Waals surface area contributed by atoms with E-state index in [0.29, 0.717) is 19.0 Å². The van der Waals surface area contributed by atoms with Gasteiger partial charge in [-0.2, -0.15) is 0 Å². The Kier molecular flexibility index (Phi) is 5.78. The lowest BCUT2D eigenvalue weighted by molar-refractivity contribution is -0.130. The molecule has 3 heterocycles. The first kappa shape index (κ1) is 20.6. The first-order chi connectivity index (χ1) is 15.1. The lowest BCUT2D eigenvalue weighted by Gasteiger charge is -2.35. The van der Waals surface area contributed by atoms with Crippen molar-refractivity contribution in [3.8, 4) is 0 Å². The van der Waals surface area contributed by atoms with E-state index in [0.717, 1.165) is 64.2 Å². The van der Waals surface area contributed by atoms with E-state index in [1.165, 1.54) is 18.4 Å². The molecule has 2 aromatic heterocycles. The van der Waals surface area contributed by atoms with Crippen LogP contribution < -0.4 is 5.32 Å². The molecule has 0 spiro atoms. The summed E-state index contributed by atoms with van der Waals surface area (Å²) in [5, 5.41) is 6.05. The number of aromatic nitrogens is 2. The second-order valence-corrected chi connectivity index (χ2v) is 9.05. The summed E-state index contributed by atoms with van der Waals surface area (Å²) in [7, 11) is 0. The Morgan fingerprint density at radius 3 is 2.94 bits per heavy atom. The van der Waals surface area contributed by atoms with E-state index in [1.54, 1.807) is 0 Å². The van der Waals surface area contributed by atoms with Crippen LogP contribution in [-0.4, -0.2) is 47.6 Å². The Hall–Kier alpha value is -2.28. The number of hydrogen-bond donors (Lipinski definition) is 2. The number of rotatable bonds is 8. The van der Waals surface area contributed by atoms with Gasteiger partial charge >= 0.3 is 0 Å². The maximum absolute atomic E-state index is 10.9. The summed E-state index contributed by atoms with van der Waals surface area (Å²) in [5.41, 5.74) is 4.42. The number of halogens is 2. The van der Waals surface area contributed by atoms with Gasteiger partial charge in [0, 0.05) is 47.2 Å². The highest BCUT2D eigenvalue weighted by Crippen LogP contribution is 2.42. The molecule has 1 atom stereocenters. The average Bonchev–Trinajstić information content (AvgIpc) is 3.55. The molecule has 5 rings (SSSR count). The number of nitrogens with one attached hydrogen (secondary N) is 2. The monoisotopic (exact) mass is 458 g/mol. The standard InChI is InChI=1S/C23H24Cl2N4O2/c24-15-3-5-19-17(11-15)16-7-9-29(20(12-31-13-30)23(16)27-19)10-8-26-21-6-4-18(25)22(28-21)14-1-2-14/h3-6,11,13-14,20,27H,1-2,7-10,12H2,(H,26,28). The van der Waals surface area contributed by atoms with Gasteiger partial charge in [0.15, 0.2) is 0 Å². The van der Waals surface area contributed by atoms with Gasteiger partial charge in [0.05, 0.1) is 16.8 Å². The summed E-state index contributed by atoms with van der Waals surface area (Å²) in [4.78, 5) is 21.5. The van der Waals surface area contributed by atoms with Crippen LogP contribution in [0.5, 0.6) is 0 Å². The minimum absolute atomic E-state index is 0.0258. The number of carbonyl (C=O) groups is 1. The van der Waals surface area contributed by atoms with Crippen molar-refractivity contribution in [3.63, 3.8) is 0 Å². The largest absolute Gasteiger partial charge is 0.466 e. The summed E-state index contributed by atoms with van der Waals surface area (Å²) in [6.07, 6.45) is 3.25. The Bertz CT molecular complexity index is 1110. The average molecular weight is 459 g/mol. The van der Waals surface area contributed by atoms with Crippen LogP contribution in [0.3, 0.4) is 0 Å². The Morgan fingerprint density at radius 2 is 2.13 bits per heavy atom. The van der Waals surface area contributed by atoms with Crippen molar-refractivity contribution >= 4 is 46.4 Å². The number of carbonyl (C=O) groups excluding carboxylic acids is 1.